The van der Waals surface area contributed by atoms with E-state index in [2.05, 4.69) is 20.5 Å². The summed E-state index contributed by atoms with van der Waals surface area (Å²) in [5, 5.41) is 12.7. The van der Waals surface area contributed by atoms with Crippen molar-refractivity contribution in [1.82, 2.24) is 19.7 Å². The molecule has 2 heterocycles. The van der Waals surface area contributed by atoms with Crippen molar-refractivity contribution in [2.75, 3.05) is 31.8 Å². The summed E-state index contributed by atoms with van der Waals surface area (Å²) < 4.78 is 21.8. The van der Waals surface area contributed by atoms with Crippen molar-refractivity contribution in [3.05, 3.63) is 54.1 Å². The highest BCUT2D eigenvalue weighted by molar-refractivity contribution is 7.99. The predicted octanol–water partition coefficient (Wildman–Crippen LogP) is 3.35. The first-order valence-corrected chi connectivity index (χ1v) is 12.6. The van der Waals surface area contributed by atoms with E-state index in [4.69, 9.17) is 4.74 Å². The first kappa shape index (κ1) is 24.1. The van der Waals surface area contributed by atoms with E-state index in [1.165, 1.54) is 40.1 Å². The number of thiazole rings is 1. The lowest BCUT2D eigenvalue weighted by Crippen LogP contribution is -3.05. The van der Waals surface area contributed by atoms with E-state index in [0.29, 0.717) is 16.9 Å². The van der Waals surface area contributed by atoms with E-state index in [-0.39, 0.29) is 23.5 Å². The van der Waals surface area contributed by atoms with E-state index in [0.717, 1.165) is 27.5 Å². The number of aromatic nitrogens is 4. The van der Waals surface area contributed by atoms with Gasteiger partial charge >= 0.3 is 0 Å². The third-order valence-electron chi connectivity index (χ3n) is 5.25. The average molecular weight is 502 g/mol. The van der Waals surface area contributed by atoms with Crippen molar-refractivity contribution in [3.63, 3.8) is 0 Å². The van der Waals surface area contributed by atoms with E-state index >= 15 is 0 Å². The van der Waals surface area contributed by atoms with Crippen LogP contribution in [0, 0.1) is 5.82 Å². The van der Waals surface area contributed by atoms with Crippen molar-refractivity contribution in [2.45, 2.75) is 25.0 Å². The highest BCUT2D eigenvalue weighted by Crippen LogP contribution is 2.30. The fourth-order valence-electron chi connectivity index (χ4n) is 3.25. The lowest BCUT2D eigenvalue weighted by molar-refractivity contribution is -0.890. The van der Waals surface area contributed by atoms with Crippen molar-refractivity contribution >= 4 is 44.4 Å². The van der Waals surface area contributed by atoms with Gasteiger partial charge in [-0.15, -0.1) is 10.2 Å². The van der Waals surface area contributed by atoms with Gasteiger partial charge in [-0.3, -0.25) is 9.36 Å². The molecule has 2 aromatic carbocycles. The largest absolute Gasteiger partial charge is 0.494 e. The van der Waals surface area contributed by atoms with Gasteiger partial charge in [0.05, 0.1) is 36.7 Å². The monoisotopic (exact) mass is 501 g/mol. The third-order valence-corrected chi connectivity index (χ3v) is 7.11. The number of carbonyl (C=O) groups is 1. The summed E-state index contributed by atoms with van der Waals surface area (Å²) in [4.78, 5) is 18.3. The van der Waals surface area contributed by atoms with Crippen LogP contribution in [0.4, 0.5) is 9.52 Å². The summed E-state index contributed by atoms with van der Waals surface area (Å²) in [6, 6.07) is 11.9. The maximum atomic E-state index is 13.5. The molecular weight excluding hydrogens is 475 g/mol. The molecule has 2 aromatic heterocycles. The molecule has 0 unspecified atom stereocenters. The summed E-state index contributed by atoms with van der Waals surface area (Å²) in [5.41, 5.74) is 1.55. The number of fused-ring (bicyclic) bond motifs is 1. The Balaban J connectivity index is 1.50. The molecule has 0 saturated heterocycles. The summed E-state index contributed by atoms with van der Waals surface area (Å²) in [6.07, 6.45) is 0. The molecule has 2 N–H and O–H groups in total. The van der Waals surface area contributed by atoms with Crippen LogP contribution in [0.5, 0.6) is 5.75 Å². The molecule has 1 atom stereocenters. The zero-order valence-corrected chi connectivity index (χ0v) is 21.0. The van der Waals surface area contributed by atoms with Gasteiger partial charge in [0.25, 0.3) is 0 Å². The highest BCUT2D eigenvalue weighted by Gasteiger charge is 2.24. The Labute approximate surface area is 205 Å². The van der Waals surface area contributed by atoms with Gasteiger partial charge in [0.15, 0.2) is 16.1 Å². The number of nitrogens with one attached hydrogen (secondary N) is 2. The fraction of sp³-hybridized carbons (Fsp3) is 0.304. The zero-order valence-electron chi connectivity index (χ0n) is 19.3. The number of thioether (sulfide) groups is 1. The molecule has 0 aliphatic heterocycles. The van der Waals surface area contributed by atoms with Gasteiger partial charge < -0.3 is 15.0 Å². The predicted molar refractivity (Wildman–Crippen MR) is 133 cm³/mol. The van der Waals surface area contributed by atoms with Gasteiger partial charge in [-0.2, -0.15) is 0 Å². The lowest BCUT2D eigenvalue weighted by atomic mass is 10.2. The van der Waals surface area contributed by atoms with Gasteiger partial charge in [0, 0.05) is 5.69 Å². The number of rotatable bonds is 9. The number of carbonyl (C=O) groups excluding carboxylic acids is 1. The fourth-order valence-corrected chi connectivity index (χ4v) is 4.92. The van der Waals surface area contributed by atoms with Crippen molar-refractivity contribution in [3.8, 4) is 11.4 Å². The molecule has 11 heteroatoms. The van der Waals surface area contributed by atoms with E-state index in [1.807, 2.05) is 50.7 Å². The smallest absolute Gasteiger partial charge is 0.236 e. The van der Waals surface area contributed by atoms with Gasteiger partial charge in [0.2, 0.25) is 5.91 Å². The van der Waals surface area contributed by atoms with Gasteiger partial charge in [-0.1, -0.05) is 23.1 Å². The topological polar surface area (TPSA) is 86.4 Å². The molecule has 0 aliphatic carbocycles. The Bertz CT molecular complexity index is 1290. The molecule has 8 nitrogen and oxygen atoms in total. The number of ether oxygens (including phenoxy) is 1. The number of nitrogens with zero attached hydrogens (tertiary/aromatic N) is 4. The Hall–Kier alpha value is -3.02. The molecule has 0 aliphatic rings. The van der Waals surface area contributed by atoms with Crippen LogP contribution in [-0.2, 0) is 4.79 Å². The second-order valence-corrected chi connectivity index (χ2v) is 9.84. The van der Waals surface area contributed by atoms with Gasteiger partial charge in [-0.05, 0) is 56.3 Å². The molecule has 4 rings (SSSR count). The summed E-state index contributed by atoms with van der Waals surface area (Å²) >= 11 is 2.67. The molecular formula is C23H26FN6O2S2+. The second kappa shape index (κ2) is 10.5. The van der Waals surface area contributed by atoms with E-state index < -0.39 is 0 Å². The highest BCUT2D eigenvalue weighted by atomic mass is 32.2. The minimum absolute atomic E-state index is 0.0463. The third kappa shape index (κ3) is 5.37. The first-order chi connectivity index (χ1) is 16.4. The minimum atomic E-state index is -0.317. The zero-order chi connectivity index (χ0) is 24.2. The molecule has 0 fully saturated rings. The normalized spacial score (nSPS) is 12.3. The second-order valence-electron chi connectivity index (χ2n) is 7.87. The number of quaternary nitrogens is 1. The Morgan fingerprint density at radius 3 is 2.71 bits per heavy atom. The van der Waals surface area contributed by atoms with E-state index in [1.54, 1.807) is 12.1 Å². The van der Waals surface area contributed by atoms with Crippen LogP contribution in [0.1, 0.15) is 25.7 Å². The molecule has 1 amide bonds. The standard InChI is InChI=1S/C23H25FN6O2S2/c1-5-32-17-10-11-18-19(12-17)34-22(25-18)26-20(31)13-33-23-28-27-21(14(2)29(3)4)30(23)16-8-6-15(24)7-9-16/h6-12,14H,5,13H2,1-4H3,(H,25,26,31)/p+1/t14-/m1/s1. The van der Waals surface area contributed by atoms with Crippen LogP contribution in [0.2, 0.25) is 0 Å². The maximum Gasteiger partial charge on any atom is 0.236 e. The molecule has 0 saturated carbocycles. The van der Waals surface area contributed by atoms with Crippen LogP contribution < -0.4 is 15.0 Å². The molecule has 4 aromatic rings. The van der Waals surface area contributed by atoms with E-state index in [9.17, 15) is 9.18 Å². The van der Waals surface area contributed by atoms with Crippen LogP contribution in [0.3, 0.4) is 0 Å². The Kier molecular flexibility index (Phi) is 7.44. The van der Waals surface area contributed by atoms with Gasteiger partial charge in [-0.25, -0.2) is 9.37 Å². The van der Waals surface area contributed by atoms with Gasteiger partial charge in [0.1, 0.15) is 17.6 Å². The molecule has 178 valence electrons. The van der Waals surface area contributed by atoms with Crippen molar-refractivity contribution in [1.29, 1.82) is 0 Å². The maximum absolute atomic E-state index is 13.5. The number of amides is 1. The number of anilines is 1. The molecule has 0 bridgehead atoms. The van der Waals surface area contributed by atoms with Crippen LogP contribution in [0.15, 0.2) is 47.6 Å². The molecule has 34 heavy (non-hydrogen) atoms. The molecule has 0 spiro atoms. The quantitative estimate of drug-likeness (QED) is 0.342. The SMILES string of the molecule is CCOc1ccc2nc(NC(=O)CSc3nnc([C@@H](C)[NH+](C)C)n3-c3ccc(F)cc3)sc2c1. The first-order valence-electron chi connectivity index (χ1n) is 10.8. The minimum Gasteiger partial charge on any atom is -0.494 e. The average Bonchev–Trinajstić information content (AvgIpc) is 3.41. The summed E-state index contributed by atoms with van der Waals surface area (Å²) in [6.45, 7) is 4.57. The van der Waals surface area contributed by atoms with Crippen molar-refractivity contribution < 1.29 is 18.8 Å². The Morgan fingerprint density at radius 2 is 2.00 bits per heavy atom. The number of halogens is 1. The molecule has 0 radical (unpaired) electrons. The van der Waals surface area contributed by atoms with Crippen LogP contribution >= 0.6 is 23.1 Å². The summed E-state index contributed by atoms with van der Waals surface area (Å²) in [5.74, 6) is 1.13. The number of hydrogen-bond acceptors (Lipinski definition) is 7. The number of benzene rings is 2. The number of hydrogen-bond donors (Lipinski definition) is 2. The van der Waals surface area contributed by atoms with Crippen molar-refractivity contribution in [2.24, 2.45) is 0 Å². The summed E-state index contributed by atoms with van der Waals surface area (Å²) in [7, 11) is 4.06. The van der Waals surface area contributed by atoms with Crippen LogP contribution in [-0.4, -0.2) is 52.1 Å². The Morgan fingerprint density at radius 1 is 1.24 bits per heavy atom. The lowest BCUT2D eigenvalue weighted by Gasteiger charge is -2.18. The van der Waals surface area contributed by atoms with Crippen LogP contribution in [0.25, 0.3) is 15.9 Å².